The van der Waals surface area contributed by atoms with E-state index < -0.39 is 5.97 Å². The Balaban J connectivity index is 2.23. The lowest BCUT2D eigenvalue weighted by atomic mass is 10.1. The monoisotopic (exact) mass is 373 g/mol. The first-order valence-electron chi connectivity index (χ1n) is 8.42. The summed E-state index contributed by atoms with van der Waals surface area (Å²) >= 11 is 0. The number of benzene rings is 2. The van der Waals surface area contributed by atoms with Gasteiger partial charge in [0.15, 0.2) is 11.5 Å². The summed E-state index contributed by atoms with van der Waals surface area (Å²) in [5, 5.41) is 2.75. The molecule has 0 spiro atoms. The van der Waals surface area contributed by atoms with Crippen molar-refractivity contribution >= 4 is 17.6 Å². The van der Waals surface area contributed by atoms with Gasteiger partial charge in [0, 0.05) is 11.3 Å². The van der Waals surface area contributed by atoms with Crippen molar-refractivity contribution < 1.29 is 28.5 Å². The summed E-state index contributed by atoms with van der Waals surface area (Å²) in [6.45, 7) is 2.27. The topological polar surface area (TPSA) is 83.1 Å². The number of nitrogens with one attached hydrogen (secondary N) is 1. The highest BCUT2D eigenvalue weighted by Gasteiger charge is 2.17. The van der Waals surface area contributed by atoms with Gasteiger partial charge in [0.1, 0.15) is 0 Å². The SMILES string of the molecule is CCCOC(=O)c1cccc(NC(=O)c2cc(OC)c(OC)c(OC)c2)c1. The lowest BCUT2D eigenvalue weighted by Gasteiger charge is -2.14. The molecule has 0 radical (unpaired) electrons. The van der Waals surface area contributed by atoms with Crippen LogP contribution in [-0.4, -0.2) is 39.8 Å². The normalized spacial score (nSPS) is 10.1. The van der Waals surface area contributed by atoms with Gasteiger partial charge in [-0.3, -0.25) is 4.79 Å². The van der Waals surface area contributed by atoms with E-state index in [0.717, 1.165) is 6.42 Å². The molecule has 0 unspecified atom stereocenters. The highest BCUT2D eigenvalue weighted by atomic mass is 16.5. The largest absolute Gasteiger partial charge is 0.493 e. The standard InChI is InChI=1S/C20H23NO6/c1-5-9-27-20(23)13-7-6-8-15(10-13)21-19(22)14-11-16(24-2)18(26-4)17(12-14)25-3/h6-8,10-12H,5,9H2,1-4H3,(H,21,22). The molecular weight excluding hydrogens is 350 g/mol. The average Bonchev–Trinajstić information content (AvgIpc) is 2.70. The Morgan fingerprint density at radius 2 is 1.59 bits per heavy atom. The molecule has 0 atom stereocenters. The number of amides is 1. The molecule has 7 heteroatoms. The van der Waals surface area contributed by atoms with Gasteiger partial charge >= 0.3 is 5.97 Å². The maximum absolute atomic E-state index is 12.6. The van der Waals surface area contributed by atoms with Crippen LogP contribution in [0.2, 0.25) is 0 Å². The van der Waals surface area contributed by atoms with E-state index >= 15 is 0 Å². The molecule has 0 aliphatic heterocycles. The van der Waals surface area contributed by atoms with E-state index in [0.29, 0.717) is 40.7 Å². The van der Waals surface area contributed by atoms with Crippen LogP contribution in [0.4, 0.5) is 5.69 Å². The van der Waals surface area contributed by atoms with Gasteiger partial charge in [-0.25, -0.2) is 4.79 Å². The number of rotatable bonds is 8. The van der Waals surface area contributed by atoms with Crippen molar-refractivity contribution in [2.75, 3.05) is 33.3 Å². The van der Waals surface area contributed by atoms with Crippen molar-refractivity contribution in [2.45, 2.75) is 13.3 Å². The van der Waals surface area contributed by atoms with Crippen LogP contribution in [0.1, 0.15) is 34.1 Å². The Bertz CT molecular complexity index is 793. The van der Waals surface area contributed by atoms with Crippen LogP contribution in [0, 0.1) is 0 Å². The van der Waals surface area contributed by atoms with E-state index in [1.54, 1.807) is 36.4 Å². The fraction of sp³-hybridized carbons (Fsp3) is 0.300. The van der Waals surface area contributed by atoms with E-state index in [-0.39, 0.29) is 5.91 Å². The maximum Gasteiger partial charge on any atom is 0.338 e. The van der Waals surface area contributed by atoms with Gasteiger partial charge in [-0.15, -0.1) is 0 Å². The minimum absolute atomic E-state index is 0.323. The molecule has 1 amide bonds. The number of hydrogen-bond acceptors (Lipinski definition) is 6. The van der Waals surface area contributed by atoms with Crippen molar-refractivity contribution in [1.29, 1.82) is 0 Å². The predicted molar refractivity (Wildman–Crippen MR) is 101 cm³/mol. The molecule has 2 aromatic carbocycles. The highest BCUT2D eigenvalue weighted by molar-refractivity contribution is 6.05. The van der Waals surface area contributed by atoms with E-state index in [2.05, 4.69) is 5.32 Å². The van der Waals surface area contributed by atoms with Crippen LogP contribution >= 0.6 is 0 Å². The summed E-state index contributed by atoms with van der Waals surface area (Å²) in [5.41, 5.74) is 1.16. The molecule has 0 aromatic heterocycles. The predicted octanol–water partition coefficient (Wildman–Crippen LogP) is 3.53. The van der Waals surface area contributed by atoms with Gasteiger partial charge < -0.3 is 24.3 Å². The summed E-state index contributed by atoms with van der Waals surface area (Å²) in [4.78, 5) is 24.6. The zero-order valence-electron chi connectivity index (χ0n) is 15.8. The highest BCUT2D eigenvalue weighted by Crippen LogP contribution is 2.38. The quantitative estimate of drug-likeness (QED) is 0.713. The molecule has 0 heterocycles. The summed E-state index contributed by atoms with van der Waals surface area (Å²) in [5.74, 6) is 0.337. The lowest BCUT2D eigenvalue weighted by Crippen LogP contribution is -2.13. The number of esters is 1. The molecule has 144 valence electrons. The molecule has 0 fully saturated rings. The first-order valence-corrected chi connectivity index (χ1v) is 8.42. The number of methoxy groups -OCH3 is 3. The van der Waals surface area contributed by atoms with Crippen molar-refractivity contribution in [3.63, 3.8) is 0 Å². The smallest absolute Gasteiger partial charge is 0.338 e. The molecular formula is C20H23NO6. The van der Waals surface area contributed by atoms with Gasteiger partial charge in [0.05, 0.1) is 33.5 Å². The Labute approximate surface area is 158 Å². The minimum atomic E-state index is -0.430. The van der Waals surface area contributed by atoms with E-state index in [1.807, 2.05) is 6.92 Å². The van der Waals surface area contributed by atoms with Crippen LogP contribution in [0.15, 0.2) is 36.4 Å². The second kappa shape index (κ2) is 9.47. The van der Waals surface area contributed by atoms with Crippen LogP contribution in [0.3, 0.4) is 0 Å². The number of carbonyl (C=O) groups excluding carboxylic acids is 2. The Hall–Kier alpha value is -3.22. The van der Waals surface area contributed by atoms with Crippen LogP contribution in [-0.2, 0) is 4.74 Å². The van der Waals surface area contributed by atoms with Gasteiger partial charge in [0.2, 0.25) is 5.75 Å². The average molecular weight is 373 g/mol. The van der Waals surface area contributed by atoms with Gasteiger partial charge in [0.25, 0.3) is 5.91 Å². The molecule has 0 bridgehead atoms. The lowest BCUT2D eigenvalue weighted by molar-refractivity contribution is 0.0505. The van der Waals surface area contributed by atoms with Gasteiger partial charge in [-0.05, 0) is 36.8 Å². The number of hydrogen-bond donors (Lipinski definition) is 1. The molecule has 27 heavy (non-hydrogen) atoms. The van der Waals surface area contributed by atoms with Crippen LogP contribution in [0.5, 0.6) is 17.2 Å². The number of ether oxygens (including phenoxy) is 4. The second-order valence-corrected chi connectivity index (χ2v) is 5.58. The Morgan fingerprint density at radius 1 is 0.926 bits per heavy atom. The third-order valence-electron chi connectivity index (χ3n) is 3.72. The molecule has 0 saturated heterocycles. The van der Waals surface area contributed by atoms with E-state index in [4.69, 9.17) is 18.9 Å². The zero-order valence-corrected chi connectivity index (χ0v) is 15.8. The minimum Gasteiger partial charge on any atom is -0.493 e. The Kier molecular flexibility index (Phi) is 7.05. The zero-order chi connectivity index (χ0) is 19.8. The fourth-order valence-corrected chi connectivity index (χ4v) is 2.42. The third kappa shape index (κ3) is 4.91. The summed E-state index contributed by atoms with van der Waals surface area (Å²) < 4.78 is 20.9. The number of anilines is 1. The molecule has 1 N–H and O–H groups in total. The Morgan fingerprint density at radius 3 is 2.15 bits per heavy atom. The van der Waals surface area contributed by atoms with E-state index in [9.17, 15) is 9.59 Å². The molecule has 0 aliphatic rings. The van der Waals surface area contributed by atoms with Crippen molar-refractivity contribution in [1.82, 2.24) is 0 Å². The molecule has 7 nitrogen and oxygen atoms in total. The molecule has 0 saturated carbocycles. The van der Waals surface area contributed by atoms with Crippen LogP contribution in [0.25, 0.3) is 0 Å². The molecule has 0 aliphatic carbocycles. The summed E-state index contributed by atoms with van der Waals surface area (Å²) in [7, 11) is 4.44. The van der Waals surface area contributed by atoms with Gasteiger partial charge in [-0.2, -0.15) is 0 Å². The summed E-state index contributed by atoms with van der Waals surface area (Å²) in [6.07, 6.45) is 0.739. The first kappa shape index (κ1) is 20.1. The molecule has 2 aromatic rings. The first-order chi connectivity index (χ1) is 13.0. The number of carbonyl (C=O) groups is 2. The summed E-state index contributed by atoms with van der Waals surface area (Å²) in [6, 6.07) is 9.66. The van der Waals surface area contributed by atoms with Crippen molar-refractivity contribution in [3.05, 3.63) is 47.5 Å². The third-order valence-corrected chi connectivity index (χ3v) is 3.72. The fourth-order valence-electron chi connectivity index (χ4n) is 2.42. The van der Waals surface area contributed by atoms with E-state index in [1.165, 1.54) is 21.3 Å². The maximum atomic E-state index is 12.6. The van der Waals surface area contributed by atoms with Crippen molar-refractivity contribution in [3.8, 4) is 17.2 Å². The second-order valence-electron chi connectivity index (χ2n) is 5.58. The van der Waals surface area contributed by atoms with Gasteiger partial charge in [-0.1, -0.05) is 13.0 Å². The van der Waals surface area contributed by atoms with Crippen LogP contribution < -0.4 is 19.5 Å². The van der Waals surface area contributed by atoms with Crippen molar-refractivity contribution in [2.24, 2.45) is 0 Å². The molecule has 2 rings (SSSR count).